The second-order valence-electron chi connectivity index (χ2n) is 8.36. The summed E-state index contributed by atoms with van der Waals surface area (Å²) >= 11 is 4.25. The topological polar surface area (TPSA) is 96.7 Å². The average Bonchev–Trinajstić information content (AvgIpc) is 3.13. The van der Waals surface area contributed by atoms with Crippen LogP contribution in [0.2, 0.25) is 0 Å². The Bertz CT molecular complexity index is 674. The molecule has 1 amide bonds. The summed E-state index contributed by atoms with van der Waals surface area (Å²) in [5, 5.41) is 6.40. The molecule has 0 aromatic heterocycles. The van der Waals surface area contributed by atoms with E-state index < -0.39 is 12.1 Å². The van der Waals surface area contributed by atoms with E-state index in [-0.39, 0.29) is 24.0 Å². The molecule has 0 bridgehead atoms. The SMILES string of the molecule is CC(C)[C@@H](CN(C)[C@@H](Cc1ccccc1)C(=O)N[C@H]1CCOC1=O)NC[C@@H](N)CS. The maximum atomic E-state index is 13.1. The maximum Gasteiger partial charge on any atom is 0.328 e. The third-order valence-electron chi connectivity index (χ3n) is 5.52. The summed E-state index contributed by atoms with van der Waals surface area (Å²) in [6, 6.07) is 9.12. The van der Waals surface area contributed by atoms with Crippen LogP contribution in [0.25, 0.3) is 0 Å². The van der Waals surface area contributed by atoms with E-state index in [0.717, 1.165) is 5.56 Å². The molecular formula is C22H36N4O3S. The first-order chi connectivity index (χ1) is 14.3. The predicted octanol–water partition coefficient (Wildman–Crippen LogP) is 0.833. The van der Waals surface area contributed by atoms with Crippen LogP contribution in [-0.2, 0) is 20.7 Å². The van der Waals surface area contributed by atoms with Crippen LogP contribution in [0.3, 0.4) is 0 Å². The van der Waals surface area contributed by atoms with Gasteiger partial charge in [0.2, 0.25) is 5.91 Å². The van der Waals surface area contributed by atoms with Gasteiger partial charge < -0.3 is 21.1 Å². The Morgan fingerprint density at radius 3 is 2.60 bits per heavy atom. The van der Waals surface area contributed by atoms with Crippen molar-refractivity contribution in [3.05, 3.63) is 35.9 Å². The molecule has 0 radical (unpaired) electrons. The molecular weight excluding hydrogens is 400 g/mol. The molecule has 8 heteroatoms. The number of rotatable bonds is 12. The molecule has 4 N–H and O–H groups in total. The average molecular weight is 437 g/mol. The number of benzene rings is 1. The van der Waals surface area contributed by atoms with E-state index in [1.54, 1.807) is 0 Å². The molecule has 0 saturated carbocycles. The van der Waals surface area contributed by atoms with Crippen LogP contribution < -0.4 is 16.4 Å². The number of likely N-dealkylation sites (N-methyl/N-ethyl adjacent to an activating group) is 1. The summed E-state index contributed by atoms with van der Waals surface area (Å²) < 4.78 is 4.99. The molecule has 0 unspecified atom stereocenters. The van der Waals surface area contributed by atoms with Crippen molar-refractivity contribution in [3.63, 3.8) is 0 Å². The summed E-state index contributed by atoms with van der Waals surface area (Å²) in [7, 11) is 1.95. The lowest BCUT2D eigenvalue weighted by molar-refractivity contribution is -0.142. The smallest absolute Gasteiger partial charge is 0.328 e. The highest BCUT2D eigenvalue weighted by Crippen LogP contribution is 2.13. The Balaban J connectivity index is 2.10. The third-order valence-corrected chi connectivity index (χ3v) is 5.99. The van der Waals surface area contributed by atoms with Crippen LogP contribution in [0, 0.1) is 5.92 Å². The van der Waals surface area contributed by atoms with Gasteiger partial charge in [0, 0.05) is 37.3 Å². The number of nitrogens with two attached hydrogens (primary N) is 1. The van der Waals surface area contributed by atoms with Gasteiger partial charge in [-0.2, -0.15) is 12.6 Å². The number of thiol groups is 1. The quantitative estimate of drug-likeness (QED) is 0.286. The van der Waals surface area contributed by atoms with Crippen molar-refractivity contribution in [1.29, 1.82) is 0 Å². The number of hydrogen-bond acceptors (Lipinski definition) is 7. The molecule has 168 valence electrons. The second-order valence-corrected chi connectivity index (χ2v) is 8.73. The summed E-state index contributed by atoms with van der Waals surface area (Å²) in [5.74, 6) is 0.473. The van der Waals surface area contributed by atoms with Gasteiger partial charge in [-0.1, -0.05) is 44.2 Å². The fourth-order valence-electron chi connectivity index (χ4n) is 3.50. The third kappa shape index (κ3) is 7.58. The van der Waals surface area contributed by atoms with Crippen molar-refractivity contribution < 1.29 is 14.3 Å². The Hall–Kier alpha value is -1.61. The Morgan fingerprint density at radius 1 is 1.33 bits per heavy atom. The van der Waals surface area contributed by atoms with Crippen molar-refractivity contribution in [2.75, 3.05) is 32.5 Å². The molecule has 1 saturated heterocycles. The minimum atomic E-state index is -0.559. The van der Waals surface area contributed by atoms with Gasteiger partial charge in [-0.05, 0) is 24.9 Å². The standard InChI is InChI=1S/C22H36N4O3S/c1-15(2)19(24-12-17(23)14-30)13-26(3)20(11-16-7-5-4-6-8-16)21(27)25-18-9-10-29-22(18)28/h4-8,15,17-20,24,30H,9-14,23H2,1-3H3,(H,25,27)/t17-,18+,19-,20+/m1/s1. The molecule has 1 aromatic rings. The lowest BCUT2D eigenvalue weighted by atomic mass is 10.00. The molecule has 30 heavy (non-hydrogen) atoms. The lowest BCUT2D eigenvalue weighted by Crippen LogP contribution is -2.55. The van der Waals surface area contributed by atoms with Crippen LogP contribution in [0.15, 0.2) is 30.3 Å². The number of nitrogens with one attached hydrogen (secondary N) is 2. The zero-order chi connectivity index (χ0) is 22.1. The van der Waals surface area contributed by atoms with Gasteiger partial charge >= 0.3 is 5.97 Å². The van der Waals surface area contributed by atoms with E-state index in [1.165, 1.54) is 0 Å². The normalized spacial score (nSPS) is 19.6. The van der Waals surface area contributed by atoms with Crippen LogP contribution in [0.1, 0.15) is 25.8 Å². The van der Waals surface area contributed by atoms with Crippen molar-refractivity contribution in [3.8, 4) is 0 Å². The number of esters is 1. The minimum absolute atomic E-state index is 0.0170. The number of hydrogen-bond donors (Lipinski definition) is 4. The first kappa shape index (κ1) is 24.7. The lowest BCUT2D eigenvalue weighted by Gasteiger charge is -2.33. The number of amides is 1. The van der Waals surface area contributed by atoms with Gasteiger partial charge in [0.15, 0.2) is 0 Å². The monoisotopic (exact) mass is 436 g/mol. The van der Waals surface area contributed by atoms with Crippen molar-refractivity contribution in [1.82, 2.24) is 15.5 Å². The van der Waals surface area contributed by atoms with E-state index in [0.29, 0.717) is 44.2 Å². The molecule has 1 heterocycles. The van der Waals surface area contributed by atoms with Gasteiger partial charge in [-0.15, -0.1) is 0 Å². The van der Waals surface area contributed by atoms with E-state index >= 15 is 0 Å². The summed E-state index contributed by atoms with van der Waals surface area (Å²) in [6.07, 6.45) is 1.08. The number of carbonyl (C=O) groups excluding carboxylic acids is 2. The minimum Gasteiger partial charge on any atom is -0.464 e. The molecule has 0 aliphatic carbocycles. The summed E-state index contributed by atoms with van der Waals surface area (Å²) in [4.78, 5) is 27.0. The fourth-order valence-corrected chi connectivity index (χ4v) is 3.63. The molecule has 1 fully saturated rings. The zero-order valence-corrected chi connectivity index (χ0v) is 19.1. The van der Waals surface area contributed by atoms with Crippen molar-refractivity contribution >= 4 is 24.5 Å². The number of carbonyl (C=O) groups is 2. The molecule has 1 aromatic carbocycles. The van der Waals surface area contributed by atoms with Gasteiger partial charge in [0.1, 0.15) is 6.04 Å². The first-order valence-corrected chi connectivity index (χ1v) is 11.3. The van der Waals surface area contributed by atoms with Crippen LogP contribution in [-0.4, -0.2) is 73.4 Å². The van der Waals surface area contributed by atoms with E-state index in [4.69, 9.17) is 10.5 Å². The van der Waals surface area contributed by atoms with E-state index in [9.17, 15) is 9.59 Å². The molecule has 2 rings (SSSR count). The number of cyclic esters (lactones) is 1. The van der Waals surface area contributed by atoms with Crippen LogP contribution >= 0.6 is 12.6 Å². The largest absolute Gasteiger partial charge is 0.464 e. The number of ether oxygens (including phenoxy) is 1. The van der Waals surface area contributed by atoms with Gasteiger partial charge in [-0.3, -0.25) is 9.69 Å². The summed E-state index contributed by atoms with van der Waals surface area (Å²) in [5.41, 5.74) is 7.08. The Kier molecular flexibility index (Phi) is 10.1. The van der Waals surface area contributed by atoms with Crippen LogP contribution in [0.5, 0.6) is 0 Å². The van der Waals surface area contributed by atoms with E-state index in [2.05, 4.69) is 42.0 Å². The molecule has 4 atom stereocenters. The highest BCUT2D eigenvalue weighted by molar-refractivity contribution is 7.80. The van der Waals surface area contributed by atoms with Gasteiger partial charge in [-0.25, -0.2) is 4.79 Å². The van der Waals surface area contributed by atoms with E-state index in [1.807, 2.05) is 37.4 Å². The van der Waals surface area contributed by atoms with Crippen molar-refractivity contribution in [2.45, 2.75) is 50.9 Å². The molecule has 1 aliphatic rings. The predicted molar refractivity (Wildman–Crippen MR) is 123 cm³/mol. The maximum absolute atomic E-state index is 13.1. The highest BCUT2D eigenvalue weighted by Gasteiger charge is 2.33. The second kappa shape index (κ2) is 12.3. The zero-order valence-electron chi connectivity index (χ0n) is 18.2. The van der Waals surface area contributed by atoms with Crippen molar-refractivity contribution in [2.24, 2.45) is 11.7 Å². The first-order valence-electron chi connectivity index (χ1n) is 10.6. The van der Waals surface area contributed by atoms with Gasteiger partial charge in [0.05, 0.1) is 12.6 Å². The fraction of sp³-hybridized carbons (Fsp3) is 0.636. The summed E-state index contributed by atoms with van der Waals surface area (Å²) in [6.45, 7) is 6.01. The van der Waals surface area contributed by atoms with Crippen LogP contribution in [0.4, 0.5) is 0 Å². The Labute approximate surface area is 185 Å². The molecule has 7 nitrogen and oxygen atoms in total. The Morgan fingerprint density at radius 2 is 2.03 bits per heavy atom. The molecule has 0 spiro atoms. The molecule has 1 aliphatic heterocycles. The highest BCUT2D eigenvalue weighted by atomic mass is 32.1. The number of nitrogens with zero attached hydrogens (tertiary/aromatic N) is 1. The van der Waals surface area contributed by atoms with Gasteiger partial charge in [0.25, 0.3) is 0 Å².